The van der Waals surface area contributed by atoms with Crippen molar-refractivity contribution in [3.8, 4) is 50.6 Å². The Bertz CT molecular complexity index is 4560. The van der Waals surface area contributed by atoms with Gasteiger partial charge in [0, 0.05) is 68.6 Å². The molecule has 5 heterocycles. The van der Waals surface area contributed by atoms with Crippen molar-refractivity contribution in [2.24, 2.45) is 0 Å². The van der Waals surface area contributed by atoms with E-state index in [2.05, 4.69) is 205 Å². The van der Waals surface area contributed by atoms with E-state index in [0.29, 0.717) is 11.4 Å². The number of nitrogens with zero attached hydrogens (tertiary/aromatic N) is 3. The summed E-state index contributed by atoms with van der Waals surface area (Å²) < 4.78 is 14.3. The van der Waals surface area contributed by atoms with E-state index in [4.69, 9.17) is 14.4 Å². The van der Waals surface area contributed by atoms with Crippen molar-refractivity contribution in [3.05, 3.63) is 212 Å². The van der Waals surface area contributed by atoms with Crippen LogP contribution in [0.3, 0.4) is 0 Å². The highest BCUT2D eigenvalue weighted by Crippen LogP contribution is 2.50. The van der Waals surface area contributed by atoms with Gasteiger partial charge in [0.1, 0.15) is 16.8 Å². The molecular weight excluding hydrogens is 867 g/mol. The lowest BCUT2D eigenvalue weighted by Gasteiger charge is -2.15. The zero-order chi connectivity index (χ0) is 44.5. The molecular formula is C62H35N3OS2. The van der Waals surface area contributed by atoms with Crippen molar-refractivity contribution in [1.82, 2.24) is 14.5 Å². The molecule has 0 amide bonds. The van der Waals surface area contributed by atoms with Crippen LogP contribution in [0, 0.1) is 0 Å². The van der Waals surface area contributed by atoms with Crippen LogP contribution in [0.1, 0.15) is 0 Å². The van der Waals surface area contributed by atoms with E-state index in [1.807, 2.05) is 23.5 Å². The van der Waals surface area contributed by atoms with Crippen molar-refractivity contribution < 1.29 is 4.42 Å². The van der Waals surface area contributed by atoms with E-state index in [1.54, 1.807) is 11.3 Å². The third-order valence-electron chi connectivity index (χ3n) is 13.8. The largest absolute Gasteiger partial charge is 0.452 e. The van der Waals surface area contributed by atoms with Crippen LogP contribution in [-0.4, -0.2) is 14.5 Å². The molecule has 316 valence electrons. The van der Waals surface area contributed by atoms with E-state index in [1.165, 1.54) is 78.5 Å². The first-order chi connectivity index (χ1) is 33.7. The SMILES string of the molecule is c1ccc(-c2cc(-c3nc(-c4cccc5c4sc4ccccc45)nc4c3oc3ccccc34)cc(-n3c4ccccc4c4c5cc(-c6ccccc6)ccc5c5c6ccccc6sc5c43)c2)cc1. The number of furan rings is 1. The van der Waals surface area contributed by atoms with Gasteiger partial charge in [0.05, 0.1) is 15.7 Å². The molecule has 0 spiro atoms. The number of benzene rings is 10. The summed E-state index contributed by atoms with van der Waals surface area (Å²) in [6, 6.07) is 76.6. The normalized spacial score (nSPS) is 12.1. The zero-order valence-corrected chi connectivity index (χ0v) is 37.9. The first kappa shape index (κ1) is 37.8. The van der Waals surface area contributed by atoms with Crippen LogP contribution in [0.15, 0.2) is 217 Å². The molecule has 4 nitrogen and oxygen atoms in total. The molecule has 0 aliphatic rings. The van der Waals surface area contributed by atoms with Crippen LogP contribution < -0.4 is 0 Å². The quantitative estimate of drug-likeness (QED) is 0.173. The van der Waals surface area contributed by atoms with Gasteiger partial charge in [0.15, 0.2) is 11.4 Å². The zero-order valence-electron chi connectivity index (χ0n) is 36.3. The lowest BCUT2D eigenvalue weighted by molar-refractivity contribution is 0.667. The van der Waals surface area contributed by atoms with Gasteiger partial charge in [-0.1, -0.05) is 152 Å². The second-order valence-corrected chi connectivity index (χ2v) is 19.7. The maximum absolute atomic E-state index is 6.84. The summed E-state index contributed by atoms with van der Waals surface area (Å²) in [5.41, 5.74) is 12.9. The van der Waals surface area contributed by atoms with Crippen molar-refractivity contribution >= 4 is 118 Å². The molecule has 15 aromatic rings. The smallest absolute Gasteiger partial charge is 0.180 e. The summed E-state index contributed by atoms with van der Waals surface area (Å²) >= 11 is 3.68. The Labute approximate surface area is 397 Å². The molecule has 5 aromatic heterocycles. The topological polar surface area (TPSA) is 43.9 Å². The number of fused-ring (bicyclic) bond motifs is 16. The molecule has 0 saturated heterocycles. The lowest BCUT2D eigenvalue weighted by Crippen LogP contribution is -1.98. The molecule has 0 saturated carbocycles. The highest BCUT2D eigenvalue weighted by atomic mass is 32.1. The van der Waals surface area contributed by atoms with Gasteiger partial charge < -0.3 is 8.98 Å². The summed E-state index contributed by atoms with van der Waals surface area (Å²) in [4.78, 5) is 11.0. The highest BCUT2D eigenvalue weighted by molar-refractivity contribution is 7.27. The Morgan fingerprint density at radius 3 is 1.87 bits per heavy atom. The van der Waals surface area contributed by atoms with Crippen LogP contribution in [0.2, 0.25) is 0 Å². The fourth-order valence-corrected chi connectivity index (χ4v) is 13.2. The van der Waals surface area contributed by atoms with E-state index in [-0.39, 0.29) is 0 Å². The van der Waals surface area contributed by atoms with Crippen molar-refractivity contribution in [3.63, 3.8) is 0 Å². The monoisotopic (exact) mass is 901 g/mol. The van der Waals surface area contributed by atoms with Gasteiger partial charge in [-0.3, -0.25) is 0 Å². The molecule has 0 fully saturated rings. The maximum Gasteiger partial charge on any atom is 0.180 e. The predicted molar refractivity (Wildman–Crippen MR) is 289 cm³/mol. The van der Waals surface area contributed by atoms with Crippen molar-refractivity contribution in [1.29, 1.82) is 0 Å². The first-order valence-electron chi connectivity index (χ1n) is 22.9. The standard InChI is InChI=1S/C62H35N3OS2/c1-3-16-36(17-4-1)38-30-31-43-49(35-38)54-45-21-7-11-26-50(45)65(58(54)61-55(43)47-23-10-14-29-53(47)68-61)41-33-39(37-18-5-2-6-19-37)32-40(34-41)56-59-57(46-22-8-12-27-51(46)66-59)64-62(63-56)48-25-15-24-44-42-20-9-13-28-52(42)67-60(44)48/h1-35H. The first-order valence-corrected chi connectivity index (χ1v) is 24.5. The fraction of sp³-hybridized carbons (Fsp3) is 0. The Morgan fingerprint density at radius 1 is 0.397 bits per heavy atom. The minimum Gasteiger partial charge on any atom is -0.452 e. The second kappa shape index (κ2) is 14.5. The molecule has 0 N–H and O–H groups in total. The van der Waals surface area contributed by atoms with Crippen molar-refractivity contribution in [2.45, 2.75) is 0 Å². The van der Waals surface area contributed by atoms with E-state index in [9.17, 15) is 0 Å². The number of thiophene rings is 2. The van der Waals surface area contributed by atoms with Gasteiger partial charge in [0.2, 0.25) is 0 Å². The van der Waals surface area contributed by atoms with Crippen LogP contribution in [0.5, 0.6) is 0 Å². The number of hydrogen-bond acceptors (Lipinski definition) is 5. The third-order valence-corrected chi connectivity index (χ3v) is 16.2. The summed E-state index contributed by atoms with van der Waals surface area (Å²) in [6.45, 7) is 0. The molecule has 0 unspecified atom stereocenters. The van der Waals surface area contributed by atoms with Gasteiger partial charge in [0.25, 0.3) is 0 Å². The molecule has 0 radical (unpaired) electrons. The molecule has 10 aromatic carbocycles. The van der Waals surface area contributed by atoms with Crippen molar-refractivity contribution in [2.75, 3.05) is 0 Å². The predicted octanol–water partition coefficient (Wildman–Crippen LogP) is 18.0. The lowest BCUT2D eigenvalue weighted by atomic mass is 9.95. The molecule has 6 heteroatoms. The summed E-state index contributed by atoms with van der Waals surface area (Å²) in [5, 5.41) is 10.9. The summed E-state index contributed by atoms with van der Waals surface area (Å²) in [6.07, 6.45) is 0. The number of hydrogen-bond donors (Lipinski definition) is 0. The molecule has 0 aliphatic heterocycles. The number of aromatic nitrogens is 3. The third kappa shape index (κ3) is 5.53. The van der Waals surface area contributed by atoms with Gasteiger partial charge in [-0.2, -0.15) is 0 Å². The molecule has 0 aliphatic carbocycles. The second-order valence-electron chi connectivity index (χ2n) is 17.6. The van der Waals surface area contributed by atoms with Crippen LogP contribution in [0.25, 0.3) is 146 Å². The van der Waals surface area contributed by atoms with Crippen LogP contribution >= 0.6 is 22.7 Å². The highest BCUT2D eigenvalue weighted by Gasteiger charge is 2.25. The fourth-order valence-electron chi connectivity index (χ4n) is 10.8. The Balaban J connectivity index is 1.08. The summed E-state index contributed by atoms with van der Waals surface area (Å²) in [5.74, 6) is 0.674. The number of rotatable bonds is 5. The maximum atomic E-state index is 6.84. The van der Waals surface area contributed by atoms with E-state index < -0.39 is 0 Å². The number of para-hydroxylation sites is 2. The Hall–Kier alpha value is -8.42. The van der Waals surface area contributed by atoms with E-state index in [0.717, 1.165) is 55.6 Å². The van der Waals surface area contributed by atoms with E-state index >= 15 is 0 Å². The van der Waals surface area contributed by atoms with Gasteiger partial charge in [-0.15, -0.1) is 22.7 Å². The minimum atomic E-state index is 0.670. The summed E-state index contributed by atoms with van der Waals surface area (Å²) in [7, 11) is 0. The van der Waals surface area contributed by atoms with Gasteiger partial charge in [-0.25, -0.2) is 9.97 Å². The molecule has 0 bridgehead atoms. The minimum absolute atomic E-state index is 0.670. The Kier molecular flexibility index (Phi) is 8.07. The van der Waals surface area contributed by atoms with Gasteiger partial charge >= 0.3 is 0 Å². The Morgan fingerprint density at radius 2 is 1.04 bits per heavy atom. The molecule has 0 atom stereocenters. The molecule has 68 heavy (non-hydrogen) atoms. The van der Waals surface area contributed by atoms with Crippen LogP contribution in [-0.2, 0) is 0 Å². The van der Waals surface area contributed by atoms with Crippen LogP contribution in [0.4, 0.5) is 0 Å². The molecule has 15 rings (SSSR count). The average Bonchev–Trinajstić information content (AvgIpc) is 4.18. The van der Waals surface area contributed by atoms with Gasteiger partial charge in [-0.05, 0) is 93.7 Å². The average molecular weight is 902 g/mol.